The number of fused-ring (bicyclic) bond motifs is 1. The first-order valence-electron chi connectivity index (χ1n) is 8.58. The molecule has 0 aliphatic heterocycles. The summed E-state index contributed by atoms with van der Waals surface area (Å²) in [6.07, 6.45) is 8.96. The second-order valence-corrected chi connectivity index (χ2v) is 6.66. The number of rotatable bonds is 3. The van der Waals surface area contributed by atoms with Gasteiger partial charge in [0, 0.05) is 41.5 Å². The third-order valence-electron chi connectivity index (χ3n) is 4.56. The van der Waals surface area contributed by atoms with E-state index in [-0.39, 0.29) is 5.02 Å². The van der Waals surface area contributed by atoms with Gasteiger partial charge in [0.25, 0.3) is 0 Å². The second kappa shape index (κ2) is 6.58. The highest BCUT2D eigenvalue weighted by Crippen LogP contribution is 2.32. The fraction of sp³-hybridized carbons (Fsp3) is 0. The summed E-state index contributed by atoms with van der Waals surface area (Å²) >= 11 is 5.98. The van der Waals surface area contributed by atoms with E-state index in [2.05, 4.69) is 19.9 Å². The Bertz CT molecular complexity index is 1290. The van der Waals surface area contributed by atoms with E-state index in [0.717, 1.165) is 39.5 Å². The van der Waals surface area contributed by atoms with Crippen LogP contribution in [-0.2, 0) is 0 Å². The van der Waals surface area contributed by atoms with Gasteiger partial charge in [-0.3, -0.25) is 9.38 Å². The van der Waals surface area contributed by atoms with E-state index in [1.165, 1.54) is 6.07 Å². The van der Waals surface area contributed by atoms with Gasteiger partial charge in [0.1, 0.15) is 17.2 Å². The number of benzene rings is 1. The van der Waals surface area contributed by atoms with E-state index in [1.807, 2.05) is 34.9 Å². The molecule has 0 fully saturated rings. The molecule has 0 saturated heterocycles. The van der Waals surface area contributed by atoms with Gasteiger partial charge in [-0.1, -0.05) is 17.7 Å². The normalized spacial score (nSPS) is 11.2. The highest BCUT2D eigenvalue weighted by atomic mass is 35.5. The molecular weight excluding hydrogens is 377 g/mol. The van der Waals surface area contributed by atoms with Crippen LogP contribution in [0.4, 0.5) is 4.39 Å². The summed E-state index contributed by atoms with van der Waals surface area (Å²) in [7, 11) is 0. The van der Waals surface area contributed by atoms with E-state index in [1.54, 1.807) is 36.9 Å². The molecule has 0 amide bonds. The number of nitrogens with zero attached hydrogens (tertiary/aromatic N) is 4. The van der Waals surface area contributed by atoms with Crippen LogP contribution in [0.1, 0.15) is 0 Å². The summed E-state index contributed by atoms with van der Waals surface area (Å²) in [6.45, 7) is 0. The summed E-state index contributed by atoms with van der Waals surface area (Å²) in [4.78, 5) is 16.4. The molecule has 1 aromatic carbocycles. The summed E-state index contributed by atoms with van der Waals surface area (Å²) in [5.41, 5.74) is 5.00. The van der Waals surface area contributed by atoms with Crippen LogP contribution in [0.2, 0.25) is 5.02 Å². The van der Waals surface area contributed by atoms with E-state index < -0.39 is 5.82 Å². The van der Waals surface area contributed by atoms with Crippen LogP contribution in [0.25, 0.3) is 39.5 Å². The van der Waals surface area contributed by atoms with Crippen LogP contribution in [0.3, 0.4) is 0 Å². The van der Waals surface area contributed by atoms with Crippen LogP contribution in [0, 0.1) is 5.82 Å². The number of hydrogen-bond donors (Lipinski definition) is 1. The highest BCUT2D eigenvalue weighted by molar-refractivity contribution is 6.31. The zero-order valence-corrected chi connectivity index (χ0v) is 15.2. The molecule has 7 heteroatoms. The molecule has 0 aliphatic rings. The number of halogens is 2. The summed E-state index contributed by atoms with van der Waals surface area (Å²) in [5, 5.41) is 0.0688. The molecule has 0 radical (unpaired) electrons. The smallest absolute Gasteiger partial charge is 0.156 e. The fourth-order valence-corrected chi connectivity index (χ4v) is 3.41. The van der Waals surface area contributed by atoms with E-state index in [9.17, 15) is 4.39 Å². The SMILES string of the molecule is Fc1ccc(-c2ncccc2-c2ccc3ncc(-c4ncc[nH]4)n3c2)cc1Cl. The van der Waals surface area contributed by atoms with Crippen molar-refractivity contribution in [3.05, 3.63) is 84.3 Å². The predicted molar refractivity (Wildman–Crippen MR) is 106 cm³/mol. The topological polar surface area (TPSA) is 58.9 Å². The molecule has 0 spiro atoms. The van der Waals surface area contributed by atoms with Gasteiger partial charge in [0.2, 0.25) is 0 Å². The van der Waals surface area contributed by atoms with Gasteiger partial charge >= 0.3 is 0 Å². The monoisotopic (exact) mass is 389 g/mol. The number of imidazole rings is 2. The molecule has 0 atom stereocenters. The van der Waals surface area contributed by atoms with Crippen LogP contribution in [0.5, 0.6) is 0 Å². The lowest BCUT2D eigenvalue weighted by Crippen LogP contribution is -1.94. The Morgan fingerprint density at radius 2 is 1.86 bits per heavy atom. The molecule has 5 nitrogen and oxygen atoms in total. The first-order valence-corrected chi connectivity index (χ1v) is 8.96. The maximum atomic E-state index is 13.6. The molecule has 4 aromatic heterocycles. The van der Waals surface area contributed by atoms with Crippen LogP contribution in [0.15, 0.2) is 73.4 Å². The van der Waals surface area contributed by atoms with Gasteiger partial charge in [0.05, 0.1) is 16.9 Å². The number of H-pyrrole nitrogens is 1. The molecule has 0 unspecified atom stereocenters. The minimum Gasteiger partial charge on any atom is -0.343 e. The van der Waals surface area contributed by atoms with Crippen LogP contribution >= 0.6 is 11.6 Å². The van der Waals surface area contributed by atoms with Crippen molar-refractivity contribution in [2.45, 2.75) is 0 Å². The minimum absolute atomic E-state index is 0.0688. The molecule has 0 aliphatic carbocycles. The maximum absolute atomic E-state index is 13.6. The van der Waals surface area contributed by atoms with Crippen molar-refractivity contribution in [3.63, 3.8) is 0 Å². The fourth-order valence-electron chi connectivity index (χ4n) is 3.23. The maximum Gasteiger partial charge on any atom is 0.156 e. The lowest BCUT2D eigenvalue weighted by atomic mass is 10.0. The van der Waals surface area contributed by atoms with Gasteiger partial charge in [-0.25, -0.2) is 14.4 Å². The number of hydrogen-bond acceptors (Lipinski definition) is 3. The molecule has 1 N–H and O–H groups in total. The first-order chi connectivity index (χ1) is 13.7. The molecule has 136 valence electrons. The molecular formula is C21H13ClFN5. The highest BCUT2D eigenvalue weighted by Gasteiger charge is 2.13. The Kier molecular flexibility index (Phi) is 3.91. The summed E-state index contributed by atoms with van der Waals surface area (Å²) in [5.74, 6) is 0.284. The molecule has 5 aromatic rings. The third kappa shape index (κ3) is 2.75. The Morgan fingerprint density at radius 3 is 2.68 bits per heavy atom. The Balaban J connectivity index is 1.69. The number of aromatic nitrogens is 5. The number of aromatic amines is 1. The predicted octanol–water partition coefficient (Wildman–Crippen LogP) is 5.25. The molecule has 0 bridgehead atoms. The Morgan fingerprint density at radius 1 is 0.964 bits per heavy atom. The lowest BCUT2D eigenvalue weighted by molar-refractivity contribution is 0.628. The van der Waals surface area contributed by atoms with Gasteiger partial charge in [-0.15, -0.1) is 0 Å². The number of pyridine rings is 2. The van der Waals surface area contributed by atoms with Crippen molar-refractivity contribution in [1.82, 2.24) is 24.3 Å². The van der Waals surface area contributed by atoms with E-state index >= 15 is 0 Å². The zero-order chi connectivity index (χ0) is 19.1. The zero-order valence-electron chi connectivity index (χ0n) is 14.5. The van der Waals surface area contributed by atoms with Crippen molar-refractivity contribution in [2.24, 2.45) is 0 Å². The van der Waals surface area contributed by atoms with Crippen molar-refractivity contribution in [2.75, 3.05) is 0 Å². The summed E-state index contributed by atoms with van der Waals surface area (Å²) in [6, 6.07) is 12.4. The van der Waals surface area contributed by atoms with Crippen LogP contribution in [-0.4, -0.2) is 24.3 Å². The van der Waals surface area contributed by atoms with Crippen molar-refractivity contribution in [3.8, 4) is 33.9 Å². The van der Waals surface area contributed by atoms with Crippen molar-refractivity contribution >= 4 is 17.2 Å². The molecule has 0 saturated carbocycles. The largest absolute Gasteiger partial charge is 0.343 e. The minimum atomic E-state index is -0.453. The van der Waals surface area contributed by atoms with Gasteiger partial charge < -0.3 is 4.98 Å². The van der Waals surface area contributed by atoms with Gasteiger partial charge in [-0.05, 0) is 36.4 Å². The standard InChI is InChI=1S/C21H13ClFN5/c22-16-10-13(3-5-17(16)23)20-15(2-1-7-24-20)14-4-6-19-27-11-18(28(19)12-14)21-25-8-9-26-21/h1-12H,(H,25,26). The quantitative estimate of drug-likeness (QED) is 0.458. The van der Waals surface area contributed by atoms with Crippen molar-refractivity contribution < 1.29 is 4.39 Å². The average molecular weight is 390 g/mol. The van der Waals surface area contributed by atoms with Crippen molar-refractivity contribution in [1.29, 1.82) is 0 Å². The number of nitrogens with one attached hydrogen (secondary N) is 1. The van der Waals surface area contributed by atoms with E-state index in [0.29, 0.717) is 0 Å². The van der Waals surface area contributed by atoms with Gasteiger partial charge in [0.15, 0.2) is 5.82 Å². The van der Waals surface area contributed by atoms with E-state index in [4.69, 9.17) is 11.6 Å². The van der Waals surface area contributed by atoms with Crippen LogP contribution < -0.4 is 0 Å². The molecule has 28 heavy (non-hydrogen) atoms. The molecule has 4 heterocycles. The first kappa shape index (κ1) is 16.6. The Labute approximate surface area is 164 Å². The third-order valence-corrected chi connectivity index (χ3v) is 4.85. The summed E-state index contributed by atoms with van der Waals surface area (Å²) < 4.78 is 15.6. The van der Waals surface area contributed by atoms with Gasteiger partial charge in [-0.2, -0.15) is 0 Å². The second-order valence-electron chi connectivity index (χ2n) is 6.26. The Hall–Kier alpha value is -3.51. The average Bonchev–Trinajstić information content (AvgIpc) is 3.39. The molecule has 5 rings (SSSR count). The lowest BCUT2D eigenvalue weighted by Gasteiger charge is -2.10.